The van der Waals surface area contributed by atoms with E-state index in [-0.39, 0.29) is 6.04 Å². The van der Waals surface area contributed by atoms with E-state index in [4.69, 9.17) is 5.41 Å². The van der Waals surface area contributed by atoms with Crippen molar-refractivity contribution in [3.05, 3.63) is 0 Å². The van der Waals surface area contributed by atoms with Gasteiger partial charge in [0.25, 0.3) is 0 Å². The molecule has 0 aromatic carbocycles. The van der Waals surface area contributed by atoms with E-state index in [0.29, 0.717) is 0 Å². The lowest BCUT2D eigenvalue weighted by molar-refractivity contribution is 0.378. The van der Waals surface area contributed by atoms with Gasteiger partial charge in [0.05, 0.1) is 24.6 Å². The summed E-state index contributed by atoms with van der Waals surface area (Å²) in [5.74, 6) is 0. The largest absolute Gasteiger partial charge is 0.309 e. The van der Waals surface area contributed by atoms with Gasteiger partial charge < -0.3 is 9.80 Å². The number of hydrogen-bond donors (Lipinski definition) is 1. The van der Waals surface area contributed by atoms with Gasteiger partial charge in [-0.05, 0) is 67.5 Å². The Morgan fingerprint density at radius 2 is 1.64 bits per heavy atom. The number of aliphatic imine (C=N–C) groups is 3. The van der Waals surface area contributed by atoms with Gasteiger partial charge in [0.1, 0.15) is 0 Å². The van der Waals surface area contributed by atoms with Crippen molar-refractivity contribution in [1.29, 1.82) is 5.41 Å². The minimum atomic E-state index is 0.287. The van der Waals surface area contributed by atoms with Gasteiger partial charge in [-0.3, -0.25) is 0 Å². The van der Waals surface area contributed by atoms with Crippen molar-refractivity contribution in [3.8, 4) is 0 Å². The number of nitrogens with zero attached hydrogens (tertiary/aromatic N) is 5. The molecule has 0 aliphatic heterocycles. The van der Waals surface area contributed by atoms with Crippen LogP contribution in [0.1, 0.15) is 33.1 Å². The van der Waals surface area contributed by atoms with Gasteiger partial charge in [-0.2, -0.15) is 0 Å². The highest BCUT2D eigenvalue weighted by Gasteiger charge is 2.02. The van der Waals surface area contributed by atoms with E-state index in [0.717, 1.165) is 45.4 Å². The third-order valence-electron chi connectivity index (χ3n) is 2.80. The summed E-state index contributed by atoms with van der Waals surface area (Å²) in [6.45, 7) is 7.78. The zero-order valence-corrected chi connectivity index (χ0v) is 15.3. The van der Waals surface area contributed by atoms with Crippen molar-refractivity contribution in [2.24, 2.45) is 15.0 Å². The molecular formula is C16H34N6. The maximum absolute atomic E-state index is 6.69. The van der Waals surface area contributed by atoms with Crippen molar-refractivity contribution in [1.82, 2.24) is 9.80 Å². The second kappa shape index (κ2) is 17.7. The Labute approximate surface area is 136 Å². The average Bonchev–Trinajstić information content (AvgIpc) is 2.47. The molecule has 1 N–H and O–H groups in total. The fraction of sp³-hybridized carbons (Fsp3) is 0.875. The van der Waals surface area contributed by atoms with E-state index < -0.39 is 0 Å². The highest BCUT2D eigenvalue weighted by Crippen LogP contribution is 2.02. The Hall–Kier alpha value is -1.32. The fourth-order valence-corrected chi connectivity index (χ4v) is 1.50. The normalized spacial score (nSPS) is 11.1. The van der Waals surface area contributed by atoms with Gasteiger partial charge in [0.15, 0.2) is 0 Å². The third kappa shape index (κ3) is 21.0. The van der Waals surface area contributed by atoms with Crippen LogP contribution in [-0.4, -0.2) is 82.2 Å². The molecule has 0 aromatic rings. The summed E-state index contributed by atoms with van der Waals surface area (Å²) in [7, 11) is 8.20. The summed E-state index contributed by atoms with van der Waals surface area (Å²) in [4.78, 5) is 16.0. The number of hydrogen-bond acceptors (Lipinski definition) is 6. The summed E-state index contributed by atoms with van der Waals surface area (Å²) >= 11 is 0. The zero-order chi connectivity index (χ0) is 17.2. The van der Waals surface area contributed by atoms with Crippen LogP contribution in [0.4, 0.5) is 0 Å². The molecule has 0 aliphatic rings. The number of rotatable bonds is 10. The van der Waals surface area contributed by atoms with E-state index in [9.17, 15) is 0 Å². The van der Waals surface area contributed by atoms with Crippen LogP contribution in [0, 0.1) is 5.41 Å². The standard InChI is InChI=1S/2C8H17N3/c1-4-8(10-7-9)5-6-11(2)3;1-4-9-8-10-6-5-7-11(2)3/h8-9H,4-6H2,1-3H3;4-7H2,1-3H3. The summed E-state index contributed by atoms with van der Waals surface area (Å²) in [6.07, 6.45) is 3.11. The fourth-order valence-electron chi connectivity index (χ4n) is 1.50. The molecule has 0 radical (unpaired) electrons. The van der Waals surface area contributed by atoms with Crippen LogP contribution >= 0.6 is 0 Å². The molecule has 6 nitrogen and oxygen atoms in total. The molecule has 0 aromatic heterocycles. The molecule has 128 valence electrons. The molecule has 6 heteroatoms. The molecule has 0 spiro atoms. The van der Waals surface area contributed by atoms with Crippen LogP contribution in [0.3, 0.4) is 0 Å². The Morgan fingerprint density at radius 3 is 2.09 bits per heavy atom. The van der Waals surface area contributed by atoms with Gasteiger partial charge in [-0.15, -0.1) is 0 Å². The molecule has 0 saturated heterocycles. The molecule has 0 bridgehead atoms. The van der Waals surface area contributed by atoms with Crippen LogP contribution in [0.5, 0.6) is 0 Å². The Balaban J connectivity index is 0. The minimum Gasteiger partial charge on any atom is -0.309 e. The summed E-state index contributed by atoms with van der Waals surface area (Å²) in [5.41, 5.74) is 0. The van der Waals surface area contributed by atoms with Gasteiger partial charge in [-0.25, -0.2) is 20.4 Å². The Kier molecular flexibility index (Phi) is 18.5. The molecule has 0 amide bonds. The van der Waals surface area contributed by atoms with Crippen molar-refractivity contribution < 1.29 is 0 Å². The van der Waals surface area contributed by atoms with Crippen LogP contribution in [-0.2, 0) is 0 Å². The molecule has 1 atom stereocenters. The average molecular weight is 310 g/mol. The van der Waals surface area contributed by atoms with E-state index in [2.05, 4.69) is 57.8 Å². The highest BCUT2D eigenvalue weighted by molar-refractivity contribution is 5.40. The van der Waals surface area contributed by atoms with Gasteiger partial charge >= 0.3 is 0 Å². The van der Waals surface area contributed by atoms with E-state index in [1.54, 1.807) is 0 Å². The van der Waals surface area contributed by atoms with Crippen LogP contribution in [0.15, 0.2) is 15.0 Å². The molecule has 1 unspecified atom stereocenters. The van der Waals surface area contributed by atoms with Gasteiger partial charge in [-0.1, -0.05) is 6.92 Å². The van der Waals surface area contributed by atoms with E-state index >= 15 is 0 Å². The number of nitrogens with one attached hydrogen (secondary N) is 1. The molecule has 0 fully saturated rings. The second-order valence-corrected chi connectivity index (χ2v) is 5.51. The molecule has 0 saturated carbocycles. The zero-order valence-electron chi connectivity index (χ0n) is 15.3. The first-order chi connectivity index (χ1) is 10.5. The summed E-state index contributed by atoms with van der Waals surface area (Å²) in [6, 6.07) is 5.03. The lowest BCUT2D eigenvalue weighted by Gasteiger charge is -2.12. The SMILES string of the molecule is CCC(CCN(C)C)N=C=N.CCN=C=NCCCN(C)C. The van der Waals surface area contributed by atoms with Crippen LogP contribution in [0.25, 0.3) is 0 Å². The monoisotopic (exact) mass is 310 g/mol. The van der Waals surface area contributed by atoms with E-state index in [1.165, 1.54) is 0 Å². The van der Waals surface area contributed by atoms with Crippen LogP contribution < -0.4 is 0 Å². The lowest BCUT2D eigenvalue weighted by Crippen LogP contribution is -2.17. The topological polar surface area (TPSA) is 67.4 Å². The molecule has 22 heavy (non-hydrogen) atoms. The summed E-state index contributed by atoms with van der Waals surface area (Å²) in [5, 5.41) is 6.69. The third-order valence-corrected chi connectivity index (χ3v) is 2.80. The van der Waals surface area contributed by atoms with Crippen molar-refractivity contribution in [2.45, 2.75) is 39.2 Å². The second-order valence-electron chi connectivity index (χ2n) is 5.51. The Morgan fingerprint density at radius 1 is 1.00 bits per heavy atom. The van der Waals surface area contributed by atoms with Gasteiger partial charge in [0.2, 0.25) is 0 Å². The highest BCUT2D eigenvalue weighted by atomic mass is 15.1. The minimum absolute atomic E-state index is 0.287. The van der Waals surface area contributed by atoms with Crippen molar-refractivity contribution >= 4 is 12.0 Å². The predicted octanol–water partition coefficient (Wildman–Crippen LogP) is 2.60. The Bertz CT molecular complexity index is 339. The molecule has 0 rings (SSSR count). The maximum Gasteiger partial charge on any atom is 0.0892 e. The molecular weight excluding hydrogens is 276 g/mol. The molecule has 0 aliphatic carbocycles. The van der Waals surface area contributed by atoms with Crippen LogP contribution in [0.2, 0.25) is 0 Å². The first-order valence-electron chi connectivity index (χ1n) is 7.96. The van der Waals surface area contributed by atoms with Gasteiger partial charge in [0, 0.05) is 6.54 Å². The maximum atomic E-state index is 6.69. The lowest BCUT2D eigenvalue weighted by atomic mass is 10.1. The van der Waals surface area contributed by atoms with Crippen molar-refractivity contribution in [2.75, 3.05) is 54.4 Å². The first-order valence-corrected chi connectivity index (χ1v) is 7.96. The van der Waals surface area contributed by atoms with E-state index in [1.807, 2.05) is 21.0 Å². The smallest absolute Gasteiger partial charge is 0.0892 e. The first kappa shape index (κ1) is 23.0. The van der Waals surface area contributed by atoms with Crippen molar-refractivity contribution in [3.63, 3.8) is 0 Å². The molecule has 0 heterocycles. The summed E-state index contributed by atoms with van der Waals surface area (Å²) < 4.78 is 0. The quantitative estimate of drug-likeness (QED) is 0.498. The predicted molar refractivity (Wildman–Crippen MR) is 95.8 cm³/mol.